The van der Waals surface area contributed by atoms with Crippen molar-refractivity contribution in [1.82, 2.24) is 10.2 Å². The van der Waals surface area contributed by atoms with Gasteiger partial charge in [-0.1, -0.05) is 18.2 Å². The molecule has 2 fully saturated rings. The topological polar surface area (TPSA) is 35.6 Å². The van der Waals surface area contributed by atoms with Gasteiger partial charge in [-0.05, 0) is 37.3 Å². The number of amides is 2. The molecule has 0 atom stereocenters. The molecule has 1 saturated carbocycles. The van der Waals surface area contributed by atoms with Gasteiger partial charge in [-0.15, -0.1) is 0 Å². The normalized spacial score (nSPS) is 19.1. The van der Waals surface area contributed by atoms with Crippen molar-refractivity contribution in [2.45, 2.75) is 19.8 Å². The molecular weight excluding hydrogens is 250 g/mol. The molecule has 1 aliphatic carbocycles. The van der Waals surface area contributed by atoms with Crippen molar-refractivity contribution in [1.29, 1.82) is 0 Å². The van der Waals surface area contributed by atoms with E-state index in [1.54, 1.807) is 0 Å². The number of para-hydroxylation sites is 1. The summed E-state index contributed by atoms with van der Waals surface area (Å²) in [6, 6.07) is 8.57. The highest BCUT2D eigenvalue weighted by Gasteiger charge is 2.25. The summed E-state index contributed by atoms with van der Waals surface area (Å²) in [6.45, 7) is 6.46. The van der Waals surface area contributed by atoms with Crippen LogP contribution in [0.3, 0.4) is 0 Å². The zero-order valence-corrected chi connectivity index (χ0v) is 12.1. The Kier molecular flexibility index (Phi) is 3.81. The fraction of sp³-hybridized carbons (Fsp3) is 0.562. The Bertz CT molecular complexity index is 476. The summed E-state index contributed by atoms with van der Waals surface area (Å²) in [7, 11) is 0. The van der Waals surface area contributed by atoms with Crippen LogP contribution in [0.4, 0.5) is 10.5 Å². The van der Waals surface area contributed by atoms with Crippen molar-refractivity contribution in [3.05, 3.63) is 29.8 Å². The standard InChI is InChI=1S/C16H23N3O/c1-13-4-2-3-5-15(13)18-8-10-19(11-9-18)16(20)17-12-14-6-7-14/h2-5,14H,6-12H2,1H3,(H,17,20). The lowest BCUT2D eigenvalue weighted by Crippen LogP contribution is -2.52. The molecule has 2 aliphatic rings. The Labute approximate surface area is 120 Å². The number of carbonyl (C=O) groups excluding carboxylic acids is 1. The average molecular weight is 273 g/mol. The second kappa shape index (κ2) is 5.73. The van der Waals surface area contributed by atoms with Gasteiger partial charge in [0.2, 0.25) is 0 Å². The summed E-state index contributed by atoms with van der Waals surface area (Å²) in [5.74, 6) is 0.743. The third-order valence-corrected chi connectivity index (χ3v) is 4.26. The summed E-state index contributed by atoms with van der Waals surface area (Å²) in [6.07, 6.45) is 2.56. The van der Waals surface area contributed by atoms with Crippen LogP contribution in [0.25, 0.3) is 0 Å². The van der Waals surface area contributed by atoms with E-state index in [-0.39, 0.29) is 6.03 Å². The smallest absolute Gasteiger partial charge is 0.317 e. The fourth-order valence-electron chi connectivity index (χ4n) is 2.73. The van der Waals surface area contributed by atoms with Crippen molar-refractivity contribution in [2.24, 2.45) is 5.92 Å². The quantitative estimate of drug-likeness (QED) is 0.916. The van der Waals surface area contributed by atoms with Crippen LogP contribution in [0.5, 0.6) is 0 Å². The SMILES string of the molecule is Cc1ccccc1N1CCN(C(=O)NCC2CC2)CC1. The number of benzene rings is 1. The number of aryl methyl sites for hydroxylation is 1. The van der Waals surface area contributed by atoms with Gasteiger partial charge in [0.05, 0.1) is 0 Å². The first kappa shape index (κ1) is 13.3. The average Bonchev–Trinajstić information content (AvgIpc) is 3.30. The summed E-state index contributed by atoms with van der Waals surface area (Å²) in [5, 5.41) is 3.05. The summed E-state index contributed by atoms with van der Waals surface area (Å²) in [5.41, 5.74) is 2.60. The van der Waals surface area contributed by atoms with E-state index in [0.717, 1.165) is 38.6 Å². The molecule has 3 rings (SSSR count). The van der Waals surface area contributed by atoms with E-state index < -0.39 is 0 Å². The highest BCUT2D eigenvalue weighted by Crippen LogP contribution is 2.27. The summed E-state index contributed by atoms with van der Waals surface area (Å²) < 4.78 is 0. The zero-order chi connectivity index (χ0) is 13.9. The van der Waals surface area contributed by atoms with E-state index in [1.807, 2.05) is 4.90 Å². The molecule has 1 N–H and O–H groups in total. The first-order valence-corrected chi connectivity index (χ1v) is 7.57. The Hall–Kier alpha value is -1.71. The maximum Gasteiger partial charge on any atom is 0.317 e. The minimum absolute atomic E-state index is 0.112. The van der Waals surface area contributed by atoms with E-state index in [9.17, 15) is 4.79 Å². The number of anilines is 1. The van der Waals surface area contributed by atoms with Crippen LogP contribution in [0.2, 0.25) is 0 Å². The molecule has 1 aromatic rings. The number of nitrogens with one attached hydrogen (secondary N) is 1. The Balaban J connectivity index is 1.51. The van der Waals surface area contributed by atoms with E-state index >= 15 is 0 Å². The van der Waals surface area contributed by atoms with Crippen molar-refractivity contribution in [2.75, 3.05) is 37.6 Å². The largest absolute Gasteiger partial charge is 0.368 e. The lowest BCUT2D eigenvalue weighted by Gasteiger charge is -2.36. The second-order valence-electron chi connectivity index (χ2n) is 5.89. The summed E-state index contributed by atoms with van der Waals surface area (Å²) >= 11 is 0. The Morgan fingerprint density at radius 3 is 2.55 bits per heavy atom. The van der Waals surface area contributed by atoms with Gasteiger partial charge in [0, 0.05) is 38.4 Å². The first-order valence-electron chi connectivity index (χ1n) is 7.57. The number of piperazine rings is 1. The molecule has 4 nitrogen and oxygen atoms in total. The molecule has 0 aromatic heterocycles. The van der Waals surface area contributed by atoms with E-state index in [2.05, 4.69) is 41.4 Å². The highest BCUT2D eigenvalue weighted by atomic mass is 16.2. The number of hydrogen-bond acceptors (Lipinski definition) is 2. The van der Waals surface area contributed by atoms with E-state index in [1.165, 1.54) is 24.1 Å². The lowest BCUT2D eigenvalue weighted by atomic mass is 10.1. The number of rotatable bonds is 3. The number of hydrogen-bond donors (Lipinski definition) is 1. The van der Waals surface area contributed by atoms with Crippen LogP contribution >= 0.6 is 0 Å². The van der Waals surface area contributed by atoms with Gasteiger partial charge in [0.1, 0.15) is 0 Å². The minimum Gasteiger partial charge on any atom is -0.368 e. The van der Waals surface area contributed by atoms with Gasteiger partial charge in [0.25, 0.3) is 0 Å². The van der Waals surface area contributed by atoms with Crippen LogP contribution in [0.15, 0.2) is 24.3 Å². The molecule has 0 radical (unpaired) electrons. The van der Waals surface area contributed by atoms with Gasteiger partial charge in [-0.3, -0.25) is 0 Å². The van der Waals surface area contributed by atoms with Crippen LogP contribution in [-0.2, 0) is 0 Å². The third-order valence-electron chi connectivity index (χ3n) is 4.26. The molecule has 0 unspecified atom stereocenters. The van der Waals surface area contributed by atoms with Gasteiger partial charge >= 0.3 is 6.03 Å². The third kappa shape index (κ3) is 3.06. The number of nitrogens with zero attached hydrogens (tertiary/aromatic N) is 2. The van der Waals surface area contributed by atoms with Crippen LogP contribution in [0.1, 0.15) is 18.4 Å². The van der Waals surface area contributed by atoms with Crippen molar-refractivity contribution >= 4 is 11.7 Å². The second-order valence-corrected chi connectivity index (χ2v) is 5.89. The molecule has 1 saturated heterocycles. The monoisotopic (exact) mass is 273 g/mol. The van der Waals surface area contributed by atoms with Crippen LogP contribution < -0.4 is 10.2 Å². The van der Waals surface area contributed by atoms with Crippen molar-refractivity contribution < 1.29 is 4.79 Å². The van der Waals surface area contributed by atoms with Gasteiger partial charge < -0.3 is 15.1 Å². The van der Waals surface area contributed by atoms with Crippen LogP contribution in [0, 0.1) is 12.8 Å². The predicted molar refractivity (Wildman–Crippen MR) is 81.1 cm³/mol. The highest BCUT2D eigenvalue weighted by molar-refractivity contribution is 5.74. The van der Waals surface area contributed by atoms with Gasteiger partial charge in [-0.2, -0.15) is 0 Å². The van der Waals surface area contributed by atoms with Crippen LogP contribution in [-0.4, -0.2) is 43.7 Å². The first-order chi connectivity index (χ1) is 9.74. The zero-order valence-electron chi connectivity index (χ0n) is 12.1. The van der Waals surface area contributed by atoms with E-state index in [0.29, 0.717) is 0 Å². The van der Waals surface area contributed by atoms with Gasteiger partial charge in [0.15, 0.2) is 0 Å². The maximum absolute atomic E-state index is 12.0. The predicted octanol–water partition coefficient (Wildman–Crippen LogP) is 2.24. The fourth-order valence-corrected chi connectivity index (χ4v) is 2.73. The molecule has 1 heterocycles. The maximum atomic E-state index is 12.0. The number of carbonyl (C=O) groups is 1. The Morgan fingerprint density at radius 2 is 1.90 bits per heavy atom. The molecule has 4 heteroatoms. The molecule has 1 aromatic carbocycles. The number of urea groups is 1. The molecular formula is C16H23N3O. The van der Waals surface area contributed by atoms with E-state index in [4.69, 9.17) is 0 Å². The van der Waals surface area contributed by atoms with Crippen molar-refractivity contribution in [3.63, 3.8) is 0 Å². The molecule has 20 heavy (non-hydrogen) atoms. The molecule has 0 spiro atoms. The molecule has 108 valence electrons. The van der Waals surface area contributed by atoms with Gasteiger partial charge in [-0.25, -0.2) is 4.79 Å². The Morgan fingerprint density at radius 1 is 1.20 bits per heavy atom. The lowest BCUT2D eigenvalue weighted by molar-refractivity contribution is 0.194. The minimum atomic E-state index is 0.112. The molecule has 0 bridgehead atoms. The molecule has 2 amide bonds. The summed E-state index contributed by atoms with van der Waals surface area (Å²) in [4.78, 5) is 16.4. The van der Waals surface area contributed by atoms with Crippen molar-refractivity contribution in [3.8, 4) is 0 Å². The molecule has 1 aliphatic heterocycles.